The second-order valence-electron chi connectivity index (χ2n) is 3.83. The molecule has 0 aromatic rings. The van der Waals surface area contributed by atoms with Crippen LogP contribution in [0.4, 0.5) is 0 Å². The number of rotatable bonds is 8. The van der Waals surface area contributed by atoms with E-state index in [2.05, 4.69) is 19.2 Å². The molecule has 16 heavy (non-hydrogen) atoms. The summed E-state index contributed by atoms with van der Waals surface area (Å²) < 4.78 is 0. The molecule has 0 aromatic carbocycles. The van der Waals surface area contributed by atoms with Gasteiger partial charge in [0.05, 0.1) is 0 Å². The molecule has 4 heteroatoms. The van der Waals surface area contributed by atoms with Gasteiger partial charge in [0.25, 0.3) is 0 Å². The van der Waals surface area contributed by atoms with Crippen molar-refractivity contribution in [1.82, 2.24) is 5.32 Å². The molecule has 1 atom stereocenters. The Morgan fingerprint density at radius 3 is 2.50 bits per heavy atom. The Morgan fingerprint density at radius 1 is 1.31 bits per heavy atom. The van der Waals surface area contributed by atoms with Crippen molar-refractivity contribution >= 4 is 11.9 Å². The van der Waals surface area contributed by atoms with Crippen molar-refractivity contribution in [2.45, 2.75) is 39.5 Å². The molecule has 0 bridgehead atoms. The van der Waals surface area contributed by atoms with Crippen LogP contribution in [0.3, 0.4) is 0 Å². The number of hydrogen-bond donors (Lipinski definition) is 2. The van der Waals surface area contributed by atoms with Crippen molar-refractivity contribution in [2.24, 2.45) is 5.92 Å². The summed E-state index contributed by atoms with van der Waals surface area (Å²) in [6, 6.07) is 0. The third kappa shape index (κ3) is 8.03. The molecule has 0 unspecified atom stereocenters. The first-order chi connectivity index (χ1) is 7.60. The average molecular weight is 227 g/mol. The lowest BCUT2D eigenvalue weighted by molar-refractivity contribution is -0.131. The fourth-order valence-corrected chi connectivity index (χ4v) is 1.39. The van der Waals surface area contributed by atoms with Gasteiger partial charge in [0.15, 0.2) is 0 Å². The Labute approximate surface area is 96.7 Å². The topological polar surface area (TPSA) is 66.4 Å². The average Bonchev–Trinajstić information content (AvgIpc) is 2.26. The van der Waals surface area contributed by atoms with Gasteiger partial charge in [0.1, 0.15) is 0 Å². The summed E-state index contributed by atoms with van der Waals surface area (Å²) in [5, 5.41) is 11.0. The van der Waals surface area contributed by atoms with Crippen LogP contribution in [0.25, 0.3) is 0 Å². The molecule has 0 saturated heterocycles. The Kier molecular flexibility index (Phi) is 8.21. The van der Waals surface area contributed by atoms with Crippen LogP contribution in [-0.2, 0) is 9.59 Å². The maximum atomic E-state index is 11.2. The minimum Gasteiger partial charge on any atom is -0.478 e. The number of nitrogens with one attached hydrogen (secondary N) is 1. The molecule has 4 nitrogen and oxygen atoms in total. The second kappa shape index (κ2) is 8.95. The van der Waals surface area contributed by atoms with E-state index < -0.39 is 5.97 Å². The number of carbonyl (C=O) groups excluding carboxylic acids is 1. The summed E-state index contributed by atoms with van der Waals surface area (Å²) in [5.74, 6) is -0.951. The van der Waals surface area contributed by atoms with Crippen LogP contribution in [0, 0.1) is 5.92 Å². The van der Waals surface area contributed by atoms with E-state index in [0.717, 1.165) is 31.4 Å². The van der Waals surface area contributed by atoms with Gasteiger partial charge in [-0.1, -0.05) is 33.1 Å². The highest BCUT2D eigenvalue weighted by molar-refractivity contribution is 5.93. The Hall–Kier alpha value is -1.32. The number of amides is 1. The van der Waals surface area contributed by atoms with Crippen LogP contribution in [0.5, 0.6) is 0 Å². The molecule has 0 aliphatic rings. The molecule has 0 aromatic heterocycles. The zero-order chi connectivity index (χ0) is 12.4. The molecule has 0 rings (SSSR count). The molecule has 0 aliphatic heterocycles. The van der Waals surface area contributed by atoms with Crippen LogP contribution in [0.2, 0.25) is 0 Å². The molecule has 0 spiro atoms. The molecule has 0 radical (unpaired) electrons. The summed E-state index contributed by atoms with van der Waals surface area (Å²) >= 11 is 0. The van der Waals surface area contributed by atoms with E-state index in [0.29, 0.717) is 12.5 Å². The monoisotopic (exact) mass is 227 g/mol. The van der Waals surface area contributed by atoms with E-state index >= 15 is 0 Å². The van der Waals surface area contributed by atoms with Gasteiger partial charge in [-0.15, -0.1) is 0 Å². The number of hydrogen-bond acceptors (Lipinski definition) is 2. The lowest BCUT2D eigenvalue weighted by Gasteiger charge is -2.14. The van der Waals surface area contributed by atoms with Crippen molar-refractivity contribution < 1.29 is 14.7 Å². The van der Waals surface area contributed by atoms with Crippen LogP contribution in [0.15, 0.2) is 12.2 Å². The van der Waals surface area contributed by atoms with Crippen molar-refractivity contribution in [2.75, 3.05) is 6.54 Å². The van der Waals surface area contributed by atoms with E-state index in [4.69, 9.17) is 5.11 Å². The van der Waals surface area contributed by atoms with Gasteiger partial charge in [-0.05, 0) is 12.3 Å². The van der Waals surface area contributed by atoms with Crippen molar-refractivity contribution in [1.29, 1.82) is 0 Å². The van der Waals surface area contributed by atoms with Gasteiger partial charge in [-0.25, -0.2) is 4.79 Å². The normalized spacial score (nSPS) is 12.6. The highest BCUT2D eigenvalue weighted by Gasteiger charge is 2.06. The van der Waals surface area contributed by atoms with E-state index in [-0.39, 0.29) is 5.91 Å². The summed E-state index contributed by atoms with van der Waals surface area (Å²) in [5.41, 5.74) is 0. The van der Waals surface area contributed by atoms with Gasteiger partial charge in [0.2, 0.25) is 5.91 Å². The van der Waals surface area contributed by atoms with Crippen molar-refractivity contribution in [3.63, 3.8) is 0 Å². The fourth-order valence-electron chi connectivity index (χ4n) is 1.39. The van der Waals surface area contributed by atoms with Crippen molar-refractivity contribution in [3.05, 3.63) is 12.2 Å². The summed E-state index contributed by atoms with van der Waals surface area (Å²) in [6.07, 6.45) is 6.36. The third-order valence-corrected chi connectivity index (χ3v) is 2.49. The summed E-state index contributed by atoms with van der Waals surface area (Å²) in [4.78, 5) is 21.4. The fraction of sp³-hybridized carbons (Fsp3) is 0.667. The summed E-state index contributed by atoms with van der Waals surface area (Å²) in [6.45, 7) is 4.86. The number of carbonyl (C=O) groups is 2. The molecule has 0 heterocycles. The maximum Gasteiger partial charge on any atom is 0.328 e. The minimum atomic E-state index is -1.10. The van der Waals surface area contributed by atoms with Crippen LogP contribution in [0.1, 0.15) is 39.5 Å². The smallest absolute Gasteiger partial charge is 0.328 e. The van der Waals surface area contributed by atoms with Gasteiger partial charge >= 0.3 is 5.97 Å². The van der Waals surface area contributed by atoms with E-state index in [1.54, 1.807) is 0 Å². The second-order valence-corrected chi connectivity index (χ2v) is 3.83. The highest BCUT2D eigenvalue weighted by Crippen LogP contribution is 2.10. The Balaban J connectivity index is 3.83. The predicted molar refractivity (Wildman–Crippen MR) is 63.1 cm³/mol. The third-order valence-electron chi connectivity index (χ3n) is 2.49. The van der Waals surface area contributed by atoms with E-state index in [9.17, 15) is 9.59 Å². The Bertz CT molecular complexity index is 249. The SMILES string of the molecule is CCCC[C@H](CC)CNC(=O)/C=C\C(=O)O. The molecular weight excluding hydrogens is 206 g/mol. The molecule has 1 amide bonds. The van der Waals surface area contributed by atoms with Crippen LogP contribution >= 0.6 is 0 Å². The number of carboxylic acid groups (broad SMARTS) is 1. The van der Waals surface area contributed by atoms with E-state index in [1.807, 2.05) is 0 Å². The minimum absolute atomic E-state index is 0.336. The first-order valence-corrected chi connectivity index (χ1v) is 5.79. The van der Waals surface area contributed by atoms with Crippen molar-refractivity contribution in [3.8, 4) is 0 Å². The predicted octanol–water partition coefficient (Wildman–Crippen LogP) is 1.96. The van der Waals surface area contributed by atoms with Crippen LogP contribution < -0.4 is 5.32 Å². The number of unbranched alkanes of at least 4 members (excludes halogenated alkanes) is 1. The number of carboxylic acids is 1. The summed E-state index contributed by atoms with van der Waals surface area (Å²) in [7, 11) is 0. The molecule has 0 fully saturated rings. The van der Waals surface area contributed by atoms with Crippen LogP contribution in [-0.4, -0.2) is 23.5 Å². The first kappa shape index (κ1) is 14.7. The van der Waals surface area contributed by atoms with Gasteiger partial charge < -0.3 is 10.4 Å². The lowest BCUT2D eigenvalue weighted by Crippen LogP contribution is -2.27. The highest BCUT2D eigenvalue weighted by atomic mass is 16.4. The zero-order valence-electron chi connectivity index (χ0n) is 10.0. The quantitative estimate of drug-likeness (QED) is 0.623. The van der Waals surface area contributed by atoms with Gasteiger partial charge in [-0.2, -0.15) is 0 Å². The van der Waals surface area contributed by atoms with Gasteiger partial charge in [-0.3, -0.25) is 4.79 Å². The molecule has 0 saturated carbocycles. The maximum absolute atomic E-state index is 11.2. The Morgan fingerprint density at radius 2 is 2.00 bits per heavy atom. The molecular formula is C12H21NO3. The van der Waals surface area contributed by atoms with E-state index in [1.165, 1.54) is 6.42 Å². The van der Waals surface area contributed by atoms with Gasteiger partial charge in [0, 0.05) is 18.7 Å². The largest absolute Gasteiger partial charge is 0.478 e. The molecule has 0 aliphatic carbocycles. The first-order valence-electron chi connectivity index (χ1n) is 5.79. The number of aliphatic carboxylic acids is 1. The zero-order valence-corrected chi connectivity index (χ0v) is 10.0. The molecule has 92 valence electrons. The molecule has 2 N–H and O–H groups in total. The standard InChI is InChI=1S/C12H21NO3/c1-3-5-6-10(4-2)9-13-11(14)7-8-12(15)16/h7-8,10H,3-6,9H2,1-2H3,(H,13,14)(H,15,16)/b8-7-/t10-/m0/s1. The lowest BCUT2D eigenvalue weighted by atomic mass is 9.99.